The fourth-order valence-electron chi connectivity index (χ4n) is 2.72. The highest BCUT2D eigenvalue weighted by Crippen LogP contribution is 2.36. The van der Waals surface area contributed by atoms with Crippen LogP contribution in [0.1, 0.15) is 25.7 Å². The normalized spacial score (nSPS) is 12.3. The van der Waals surface area contributed by atoms with Crippen LogP contribution in [0.25, 0.3) is 22.6 Å². The molecule has 122 valence electrons. The maximum absolute atomic E-state index is 11.6. The summed E-state index contributed by atoms with van der Waals surface area (Å²) in [7, 11) is 0. The molecule has 1 N–H and O–H groups in total. The van der Waals surface area contributed by atoms with Gasteiger partial charge in [0, 0.05) is 11.1 Å². The molecule has 2 aromatic carbocycles. The van der Waals surface area contributed by atoms with Crippen LogP contribution in [-0.4, -0.2) is 16.1 Å². The third kappa shape index (κ3) is 3.08. The smallest absolute Gasteiger partial charge is 0.316 e. The van der Waals surface area contributed by atoms with E-state index in [1.165, 1.54) is 0 Å². The molecule has 4 nitrogen and oxygen atoms in total. The van der Waals surface area contributed by atoms with Crippen LogP contribution in [-0.2, 0) is 4.79 Å². The highest BCUT2D eigenvalue weighted by molar-refractivity contribution is 5.79. The number of hydrogen-bond donors (Lipinski definition) is 1. The third-order valence-electron chi connectivity index (χ3n) is 3.93. The van der Waals surface area contributed by atoms with Crippen molar-refractivity contribution in [2.24, 2.45) is 5.92 Å². The highest BCUT2D eigenvalue weighted by Gasteiger charge is 2.30. The largest absolute Gasteiger partial charge is 0.481 e. The monoisotopic (exact) mass is 321 g/mol. The second kappa shape index (κ2) is 6.71. The van der Waals surface area contributed by atoms with Crippen molar-refractivity contribution in [1.29, 1.82) is 0 Å². The second-order valence-corrected chi connectivity index (χ2v) is 6.02. The number of carbonyl (C=O) groups is 1. The van der Waals surface area contributed by atoms with Gasteiger partial charge in [-0.05, 0) is 5.92 Å². The Labute approximate surface area is 140 Å². The maximum atomic E-state index is 11.6. The first-order valence-corrected chi connectivity index (χ1v) is 7.92. The number of nitrogens with zero attached hydrogens (tertiary/aromatic N) is 1. The summed E-state index contributed by atoms with van der Waals surface area (Å²) < 4.78 is 5.95. The van der Waals surface area contributed by atoms with E-state index in [1.807, 2.05) is 74.5 Å². The predicted octanol–water partition coefficient (Wildman–Crippen LogP) is 4.83. The van der Waals surface area contributed by atoms with Crippen molar-refractivity contribution in [3.63, 3.8) is 0 Å². The molecular formula is C20H19NO3. The van der Waals surface area contributed by atoms with E-state index in [9.17, 15) is 9.90 Å². The van der Waals surface area contributed by atoms with E-state index in [-0.39, 0.29) is 11.8 Å². The summed E-state index contributed by atoms with van der Waals surface area (Å²) in [6.45, 7) is 3.71. The number of carboxylic acid groups (broad SMARTS) is 1. The Morgan fingerprint density at radius 2 is 1.50 bits per heavy atom. The molecule has 0 saturated heterocycles. The summed E-state index contributed by atoms with van der Waals surface area (Å²) in [5.74, 6) is -0.970. The molecular weight excluding hydrogens is 302 g/mol. The molecule has 4 heteroatoms. The molecule has 1 atom stereocenters. The quantitative estimate of drug-likeness (QED) is 0.731. The highest BCUT2D eigenvalue weighted by atomic mass is 16.4. The van der Waals surface area contributed by atoms with E-state index in [0.717, 1.165) is 11.1 Å². The molecule has 0 saturated carbocycles. The first-order valence-electron chi connectivity index (χ1n) is 7.92. The molecule has 3 rings (SSSR count). The third-order valence-corrected chi connectivity index (χ3v) is 3.93. The summed E-state index contributed by atoms with van der Waals surface area (Å²) >= 11 is 0. The van der Waals surface area contributed by atoms with Crippen molar-refractivity contribution in [3.8, 4) is 22.6 Å². The van der Waals surface area contributed by atoms with Gasteiger partial charge in [-0.15, -0.1) is 0 Å². The standard InChI is InChI=1S/C20H19NO3/c1-13(2)16(20(22)23)19-21-17(14-9-5-3-6-10-14)18(24-19)15-11-7-4-8-12-15/h3-13,16H,1-2H3,(H,22,23). The Morgan fingerprint density at radius 1 is 0.958 bits per heavy atom. The molecule has 3 aromatic rings. The number of oxazole rings is 1. The molecule has 0 aliphatic heterocycles. The van der Waals surface area contributed by atoms with E-state index in [2.05, 4.69) is 4.98 Å². The molecule has 0 fully saturated rings. The number of aromatic nitrogens is 1. The van der Waals surface area contributed by atoms with Gasteiger partial charge in [0.25, 0.3) is 0 Å². The molecule has 0 bridgehead atoms. The predicted molar refractivity (Wildman–Crippen MR) is 92.6 cm³/mol. The fraction of sp³-hybridized carbons (Fsp3) is 0.200. The van der Waals surface area contributed by atoms with Crippen molar-refractivity contribution in [2.45, 2.75) is 19.8 Å². The van der Waals surface area contributed by atoms with Gasteiger partial charge in [0.1, 0.15) is 11.6 Å². The van der Waals surface area contributed by atoms with Crippen molar-refractivity contribution in [2.75, 3.05) is 0 Å². The maximum Gasteiger partial charge on any atom is 0.316 e. The Bertz CT molecular complexity index is 766. The molecule has 0 aliphatic rings. The van der Waals surface area contributed by atoms with Gasteiger partial charge < -0.3 is 9.52 Å². The summed E-state index contributed by atoms with van der Waals surface area (Å²) in [5, 5.41) is 9.54. The molecule has 24 heavy (non-hydrogen) atoms. The van der Waals surface area contributed by atoms with Crippen LogP contribution in [0.2, 0.25) is 0 Å². The van der Waals surface area contributed by atoms with E-state index in [0.29, 0.717) is 11.5 Å². The molecule has 0 aliphatic carbocycles. The number of hydrogen-bond acceptors (Lipinski definition) is 3. The van der Waals surface area contributed by atoms with Gasteiger partial charge in [0.05, 0.1) is 0 Å². The summed E-state index contributed by atoms with van der Waals surface area (Å²) in [6, 6.07) is 19.3. The van der Waals surface area contributed by atoms with Crippen LogP contribution in [0.3, 0.4) is 0 Å². The minimum atomic E-state index is -0.925. The van der Waals surface area contributed by atoms with Crippen LogP contribution >= 0.6 is 0 Å². The van der Waals surface area contributed by atoms with Gasteiger partial charge in [0.2, 0.25) is 5.89 Å². The minimum Gasteiger partial charge on any atom is -0.481 e. The summed E-state index contributed by atoms with van der Waals surface area (Å²) in [4.78, 5) is 16.2. The molecule has 0 amide bonds. The summed E-state index contributed by atoms with van der Waals surface area (Å²) in [6.07, 6.45) is 0. The molecule has 1 unspecified atom stereocenters. The fourth-order valence-corrected chi connectivity index (χ4v) is 2.72. The van der Waals surface area contributed by atoms with E-state index < -0.39 is 11.9 Å². The van der Waals surface area contributed by atoms with Crippen LogP contribution in [0.5, 0.6) is 0 Å². The van der Waals surface area contributed by atoms with Crippen molar-refractivity contribution in [3.05, 3.63) is 66.6 Å². The number of benzene rings is 2. The van der Waals surface area contributed by atoms with Crippen LogP contribution in [0.15, 0.2) is 65.1 Å². The first-order chi connectivity index (χ1) is 11.6. The minimum absolute atomic E-state index is 0.117. The van der Waals surface area contributed by atoms with Crippen LogP contribution in [0, 0.1) is 5.92 Å². The first kappa shape index (κ1) is 16.0. The van der Waals surface area contributed by atoms with Crippen molar-refractivity contribution >= 4 is 5.97 Å². The van der Waals surface area contributed by atoms with E-state index in [4.69, 9.17) is 4.42 Å². The van der Waals surface area contributed by atoms with Crippen molar-refractivity contribution < 1.29 is 14.3 Å². The SMILES string of the molecule is CC(C)C(C(=O)O)c1nc(-c2ccccc2)c(-c2ccccc2)o1. The average molecular weight is 321 g/mol. The van der Waals surface area contributed by atoms with Gasteiger partial charge >= 0.3 is 5.97 Å². The average Bonchev–Trinajstić information content (AvgIpc) is 3.00. The number of carboxylic acids is 1. The second-order valence-electron chi connectivity index (χ2n) is 6.02. The zero-order valence-electron chi connectivity index (χ0n) is 13.6. The van der Waals surface area contributed by atoms with E-state index >= 15 is 0 Å². The Morgan fingerprint density at radius 3 is 2.00 bits per heavy atom. The zero-order chi connectivity index (χ0) is 17.1. The molecule has 0 radical (unpaired) electrons. The van der Waals surface area contributed by atoms with Gasteiger partial charge in [-0.2, -0.15) is 0 Å². The van der Waals surface area contributed by atoms with Crippen molar-refractivity contribution in [1.82, 2.24) is 4.98 Å². The lowest BCUT2D eigenvalue weighted by molar-refractivity contribution is -0.140. The van der Waals surface area contributed by atoms with Gasteiger partial charge in [-0.1, -0.05) is 74.5 Å². The number of rotatable bonds is 5. The molecule has 1 aromatic heterocycles. The van der Waals surface area contributed by atoms with Gasteiger partial charge in [-0.25, -0.2) is 4.98 Å². The van der Waals surface area contributed by atoms with Crippen LogP contribution in [0.4, 0.5) is 0 Å². The summed E-state index contributed by atoms with van der Waals surface area (Å²) in [5.41, 5.74) is 2.45. The van der Waals surface area contributed by atoms with Crippen LogP contribution < -0.4 is 0 Å². The lowest BCUT2D eigenvalue weighted by Crippen LogP contribution is -2.17. The molecule has 0 spiro atoms. The Kier molecular flexibility index (Phi) is 4.47. The lowest BCUT2D eigenvalue weighted by atomic mass is 9.96. The lowest BCUT2D eigenvalue weighted by Gasteiger charge is -2.11. The van der Waals surface area contributed by atoms with E-state index in [1.54, 1.807) is 0 Å². The number of aliphatic carboxylic acids is 1. The zero-order valence-corrected chi connectivity index (χ0v) is 13.6. The van der Waals surface area contributed by atoms with Gasteiger partial charge in [0.15, 0.2) is 5.76 Å². The van der Waals surface area contributed by atoms with Gasteiger partial charge in [-0.3, -0.25) is 4.79 Å². The Balaban J connectivity index is 2.18. The molecule has 1 heterocycles. The Hall–Kier alpha value is -2.88. The topological polar surface area (TPSA) is 63.3 Å².